The number of phenolic OH excluding ortho intramolecular Hbond substituents is 1. The monoisotopic (exact) mass is 504 g/mol. The van der Waals surface area contributed by atoms with Gasteiger partial charge >= 0.3 is 0 Å². The first-order valence-electron chi connectivity index (χ1n) is 13.5. The van der Waals surface area contributed by atoms with Gasteiger partial charge in [-0.3, -0.25) is 4.79 Å². The molecule has 0 aromatic heterocycles. The Kier molecular flexibility index (Phi) is 7.32. The highest BCUT2D eigenvalue weighted by atomic mass is 16.5. The number of likely N-dealkylation sites (tertiary alicyclic amines) is 1. The predicted molar refractivity (Wildman–Crippen MR) is 146 cm³/mol. The molecule has 198 valence electrons. The van der Waals surface area contributed by atoms with Crippen LogP contribution in [0.25, 0.3) is 6.08 Å². The van der Waals surface area contributed by atoms with E-state index in [4.69, 9.17) is 9.47 Å². The molecule has 2 aromatic rings. The molecule has 1 aliphatic heterocycles. The van der Waals surface area contributed by atoms with Crippen LogP contribution in [0.5, 0.6) is 11.5 Å². The molecular weight excluding hydrogens is 464 g/mol. The zero-order valence-electron chi connectivity index (χ0n) is 22.4. The number of amides is 1. The number of carbonyl (C=O) groups is 1. The third-order valence-electron chi connectivity index (χ3n) is 9.08. The minimum Gasteiger partial charge on any atom is -0.508 e. The van der Waals surface area contributed by atoms with Gasteiger partial charge in [0.2, 0.25) is 5.91 Å². The lowest BCUT2D eigenvalue weighted by atomic mass is 9.55. The van der Waals surface area contributed by atoms with E-state index in [1.54, 1.807) is 37.5 Å². The summed E-state index contributed by atoms with van der Waals surface area (Å²) in [5.74, 6) is 1.87. The van der Waals surface area contributed by atoms with E-state index in [-0.39, 0.29) is 28.7 Å². The Morgan fingerprint density at radius 3 is 2.68 bits per heavy atom. The van der Waals surface area contributed by atoms with E-state index in [0.29, 0.717) is 0 Å². The Bertz CT molecular complexity index is 1150. The summed E-state index contributed by atoms with van der Waals surface area (Å²) in [5, 5.41) is 9.74. The van der Waals surface area contributed by atoms with Gasteiger partial charge in [-0.2, -0.15) is 0 Å². The van der Waals surface area contributed by atoms with Crippen molar-refractivity contribution in [2.75, 3.05) is 40.9 Å². The summed E-state index contributed by atoms with van der Waals surface area (Å²) < 4.78 is 12.2. The molecule has 2 aromatic carbocycles. The van der Waals surface area contributed by atoms with Crippen LogP contribution in [0.15, 0.2) is 54.6 Å². The molecule has 6 heteroatoms. The van der Waals surface area contributed by atoms with Crippen LogP contribution in [0, 0.1) is 5.92 Å². The molecule has 5 rings (SSSR count). The Balaban J connectivity index is 1.42. The Morgan fingerprint density at radius 1 is 1.14 bits per heavy atom. The van der Waals surface area contributed by atoms with Gasteiger partial charge in [-0.05, 0) is 92.5 Å². The lowest BCUT2D eigenvalue weighted by Crippen LogP contribution is -2.68. The van der Waals surface area contributed by atoms with Crippen molar-refractivity contribution in [3.05, 3.63) is 65.7 Å². The van der Waals surface area contributed by atoms with Gasteiger partial charge in [0.1, 0.15) is 11.5 Å². The molecule has 0 spiro atoms. The average molecular weight is 505 g/mol. The Labute approximate surface area is 220 Å². The van der Waals surface area contributed by atoms with Gasteiger partial charge in [-0.25, -0.2) is 0 Å². The second kappa shape index (κ2) is 10.5. The van der Waals surface area contributed by atoms with E-state index in [1.165, 1.54) is 24.9 Å². The number of phenols is 1. The van der Waals surface area contributed by atoms with Crippen LogP contribution in [-0.2, 0) is 14.9 Å². The van der Waals surface area contributed by atoms with Gasteiger partial charge in [-0.15, -0.1) is 0 Å². The smallest absolute Gasteiger partial charge is 0.246 e. The molecule has 2 saturated carbocycles. The fourth-order valence-corrected chi connectivity index (χ4v) is 6.73. The zero-order valence-corrected chi connectivity index (χ0v) is 22.4. The Hall–Kier alpha value is -2.83. The van der Waals surface area contributed by atoms with Crippen LogP contribution >= 0.6 is 0 Å². The molecule has 1 N–H and O–H groups in total. The summed E-state index contributed by atoms with van der Waals surface area (Å²) in [5.41, 5.74) is 1.55. The number of hydrogen-bond donors (Lipinski definition) is 1. The SMILES string of the molecule is COc1cccc([C@@]23CCN(CC4CC4)C[C@@]2(OC)CC[C@@H](N(C)C(=O)C=Cc2cccc(O)c2)C3)c1. The van der Waals surface area contributed by atoms with Crippen molar-refractivity contribution in [2.45, 2.75) is 55.6 Å². The highest BCUT2D eigenvalue weighted by Crippen LogP contribution is 2.54. The molecule has 6 nitrogen and oxygen atoms in total. The lowest BCUT2D eigenvalue weighted by Gasteiger charge is -2.60. The van der Waals surface area contributed by atoms with E-state index < -0.39 is 0 Å². The number of likely N-dealkylation sites (N-methyl/N-ethyl adjacent to an activating group) is 1. The molecule has 3 fully saturated rings. The normalized spacial score (nSPS) is 28.1. The number of benzene rings is 2. The minimum atomic E-state index is -0.301. The molecule has 3 aliphatic rings. The number of rotatable bonds is 8. The number of carbonyl (C=O) groups excluding carboxylic acids is 1. The number of nitrogens with zero attached hydrogens (tertiary/aromatic N) is 2. The second-order valence-electron chi connectivity index (χ2n) is 11.2. The highest BCUT2D eigenvalue weighted by molar-refractivity contribution is 5.91. The van der Waals surface area contributed by atoms with Crippen LogP contribution in [-0.4, -0.2) is 73.4 Å². The van der Waals surface area contributed by atoms with Crippen molar-refractivity contribution in [2.24, 2.45) is 5.92 Å². The zero-order chi connectivity index (χ0) is 26.0. The number of piperidine rings is 1. The largest absolute Gasteiger partial charge is 0.508 e. The van der Waals surface area contributed by atoms with Gasteiger partial charge in [0.15, 0.2) is 0 Å². The number of hydrogen-bond acceptors (Lipinski definition) is 5. The molecule has 0 radical (unpaired) electrons. The summed E-state index contributed by atoms with van der Waals surface area (Å²) in [4.78, 5) is 17.8. The summed E-state index contributed by atoms with van der Waals surface area (Å²) >= 11 is 0. The highest BCUT2D eigenvalue weighted by Gasteiger charge is 2.59. The molecule has 1 heterocycles. The van der Waals surface area contributed by atoms with Crippen LogP contribution in [0.2, 0.25) is 0 Å². The third kappa shape index (κ3) is 5.14. The van der Waals surface area contributed by atoms with Crippen molar-refractivity contribution in [3.63, 3.8) is 0 Å². The van der Waals surface area contributed by atoms with Crippen molar-refractivity contribution in [3.8, 4) is 11.5 Å². The maximum atomic E-state index is 13.2. The number of aromatic hydroxyl groups is 1. The summed E-state index contributed by atoms with van der Waals surface area (Å²) in [6.07, 6.45) is 9.75. The van der Waals surface area contributed by atoms with Crippen molar-refractivity contribution < 1.29 is 19.4 Å². The molecule has 0 bridgehead atoms. The summed E-state index contributed by atoms with van der Waals surface area (Å²) in [7, 11) is 5.51. The lowest BCUT2D eigenvalue weighted by molar-refractivity contribution is -0.159. The predicted octanol–water partition coefficient (Wildman–Crippen LogP) is 4.86. The van der Waals surface area contributed by atoms with E-state index >= 15 is 0 Å². The van der Waals surface area contributed by atoms with E-state index in [2.05, 4.69) is 23.1 Å². The van der Waals surface area contributed by atoms with E-state index in [9.17, 15) is 9.90 Å². The van der Waals surface area contributed by atoms with E-state index in [1.807, 2.05) is 31.2 Å². The van der Waals surface area contributed by atoms with Crippen molar-refractivity contribution >= 4 is 12.0 Å². The quantitative estimate of drug-likeness (QED) is 0.520. The molecular formula is C31H40N2O4. The molecule has 2 aliphatic carbocycles. The van der Waals surface area contributed by atoms with Crippen LogP contribution in [0.3, 0.4) is 0 Å². The van der Waals surface area contributed by atoms with E-state index in [0.717, 1.165) is 56.0 Å². The topological polar surface area (TPSA) is 62.2 Å². The fourth-order valence-electron chi connectivity index (χ4n) is 6.73. The Morgan fingerprint density at radius 2 is 1.95 bits per heavy atom. The van der Waals surface area contributed by atoms with Gasteiger partial charge in [0.25, 0.3) is 0 Å². The summed E-state index contributed by atoms with van der Waals surface area (Å²) in [6.45, 7) is 3.14. The first-order chi connectivity index (χ1) is 17.9. The first kappa shape index (κ1) is 25.8. The number of ether oxygens (including phenoxy) is 2. The van der Waals surface area contributed by atoms with Crippen molar-refractivity contribution in [1.82, 2.24) is 9.80 Å². The minimum absolute atomic E-state index is 0.0229. The van der Waals surface area contributed by atoms with Crippen LogP contribution < -0.4 is 4.74 Å². The third-order valence-corrected chi connectivity index (χ3v) is 9.08. The van der Waals surface area contributed by atoms with Gasteiger partial charge in [0, 0.05) is 44.8 Å². The van der Waals surface area contributed by atoms with Crippen LogP contribution in [0.4, 0.5) is 0 Å². The molecule has 1 amide bonds. The molecule has 3 atom stereocenters. The standard InChI is InChI=1S/C31H40N2O4/c1-32(29(35)13-12-23-6-4-8-27(34)18-23)26-14-15-31(37-3)22-33(21-24-10-11-24)17-16-30(31,20-26)25-7-5-9-28(19-25)36-2/h4-9,12-13,18-19,24,26,34H,10-11,14-17,20-22H2,1-3H3/t26-,30+,31+/m1/s1. The maximum absolute atomic E-state index is 13.2. The van der Waals surface area contributed by atoms with Gasteiger partial charge in [0.05, 0.1) is 12.7 Å². The van der Waals surface area contributed by atoms with Gasteiger partial charge < -0.3 is 24.4 Å². The maximum Gasteiger partial charge on any atom is 0.246 e. The van der Waals surface area contributed by atoms with Crippen LogP contribution in [0.1, 0.15) is 49.7 Å². The van der Waals surface area contributed by atoms with Crippen molar-refractivity contribution in [1.29, 1.82) is 0 Å². The first-order valence-corrected chi connectivity index (χ1v) is 13.5. The number of methoxy groups -OCH3 is 2. The molecule has 37 heavy (non-hydrogen) atoms. The molecule has 0 unspecified atom stereocenters. The fraction of sp³-hybridized carbons (Fsp3) is 0.516. The summed E-state index contributed by atoms with van der Waals surface area (Å²) in [6, 6.07) is 15.5. The number of fused-ring (bicyclic) bond motifs is 1. The second-order valence-corrected chi connectivity index (χ2v) is 11.2. The molecule has 1 saturated heterocycles. The van der Waals surface area contributed by atoms with Gasteiger partial charge in [-0.1, -0.05) is 24.3 Å². The average Bonchev–Trinajstić information content (AvgIpc) is 3.75.